The summed E-state index contributed by atoms with van der Waals surface area (Å²) in [4.78, 5) is 21.8. The van der Waals surface area contributed by atoms with Crippen molar-refractivity contribution in [3.8, 4) is 0 Å². The highest BCUT2D eigenvalue weighted by Gasteiger charge is 2.09. The molecule has 0 spiro atoms. The Bertz CT molecular complexity index is 199. The molecule has 94 valence electrons. The van der Waals surface area contributed by atoms with E-state index in [2.05, 4.69) is 9.47 Å². The van der Waals surface area contributed by atoms with Crippen molar-refractivity contribution < 1.29 is 29.3 Å². The van der Waals surface area contributed by atoms with Gasteiger partial charge in [-0.1, -0.05) is 0 Å². The number of ether oxygens (including phenoxy) is 2. The van der Waals surface area contributed by atoms with Crippen LogP contribution in [0.1, 0.15) is 26.7 Å². The number of esters is 2. The van der Waals surface area contributed by atoms with Crippen molar-refractivity contribution in [1.82, 2.24) is 0 Å². The zero-order chi connectivity index (χ0) is 12.6. The molecule has 6 heteroatoms. The van der Waals surface area contributed by atoms with E-state index in [1.54, 1.807) is 0 Å². The minimum Gasteiger partial charge on any atom is -0.462 e. The van der Waals surface area contributed by atoms with Gasteiger partial charge in [0.05, 0.1) is 25.0 Å². The minimum absolute atomic E-state index is 0.0445. The van der Waals surface area contributed by atoms with Crippen LogP contribution in [0.4, 0.5) is 0 Å². The maximum Gasteiger partial charge on any atom is 0.308 e. The van der Waals surface area contributed by atoms with E-state index in [1.165, 1.54) is 13.8 Å². The molecule has 0 aliphatic rings. The first kappa shape index (κ1) is 14.9. The quantitative estimate of drug-likeness (QED) is 0.460. The van der Waals surface area contributed by atoms with Crippen LogP contribution in [0, 0.1) is 0 Å². The van der Waals surface area contributed by atoms with Gasteiger partial charge in [-0.15, -0.1) is 0 Å². The molecule has 0 aromatic heterocycles. The number of carbonyl (C=O) groups excluding carboxylic acids is 2. The Morgan fingerprint density at radius 1 is 0.938 bits per heavy atom. The normalized spacial score (nSPS) is 14.0. The van der Waals surface area contributed by atoms with Gasteiger partial charge in [0.15, 0.2) is 0 Å². The summed E-state index contributed by atoms with van der Waals surface area (Å²) in [5.41, 5.74) is 0. The second-order valence-electron chi connectivity index (χ2n) is 3.55. The molecule has 0 bridgehead atoms. The largest absolute Gasteiger partial charge is 0.462 e. The van der Waals surface area contributed by atoms with E-state index in [0.29, 0.717) is 0 Å². The fourth-order valence-electron chi connectivity index (χ4n) is 0.911. The molecule has 6 nitrogen and oxygen atoms in total. The summed E-state index contributed by atoms with van der Waals surface area (Å²) in [5.74, 6) is -1.08. The van der Waals surface area contributed by atoms with E-state index in [-0.39, 0.29) is 26.1 Å². The molecule has 0 aromatic rings. The Labute approximate surface area is 94.2 Å². The summed E-state index contributed by atoms with van der Waals surface area (Å²) in [6.07, 6.45) is -1.65. The van der Waals surface area contributed by atoms with Crippen molar-refractivity contribution in [3.05, 3.63) is 0 Å². The van der Waals surface area contributed by atoms with Crippen molar-refractivity contribution >= 4 is 11.9 Å². The van der Waals surface area contributed by atoms with Crippen molar-refractivity contribution in [2.75, 3.05) is 13.2 Å². The monoisotopic (exact) mass is 234 g/mol. The lowest BCUT2D eigenvalue weighted by atomic mass is 10.3. The van der Waals surface area contributed by atoms with Crippen molar-refractivity contribution in [3.63, 3.8) is 0 Å². The molecule has 0 saturated carbocycles. The lowest BCUT2D eigenvalue weighted by Crippen LogP contribution is -2.18. The molecule has 0 unspecified atom stereocenters. The average Bonchev–Trinajstić information content (AvgIpc) is 2.10. The molecule has 0 fully saturated rings. The number of rotatable bonds is 7. The molecular weight excluding hydrogens is 216 g/mol. The summed E-state index contributed by atoms with van der Waals surface area (Å²) >= 11 is 0. The van der Waals surface area contributed by atoms with Gasteiger partial charge < -0.3 is 19.7 Å². The Morgan fingerprint density at radius 3 is 1.50 bits per heavy atom. The lowest BCUT2D eigenvalue weighted by molar-refractivity contribution is -0.154. The van der Waals surface area contributed by atoms with Crippen LogP contribution in [0.25, 0.3) is 0 Å². The van der Waals surface area contributed by atoms with E-state index in [1.807, 2.05) is 0 Å². The van der Waals surface area contributed by atoms with Gasteiger partial charge in [-0.05, 0) is 13.8 Å². The Hall–Kier alpha value is -1.14. The second-order valence-corrected chi connectivity index (χ2v) is 3.55. The third-order valence-electron chi connectivity index (χ3n) is 1.53. The van der Waals surface area contributed by atoms with E-state index in [4.69, 9.17) is 10.2 Å². The highest BCUT2D eigenvalue weighted by Crippen LogP contribution is 1.95. The highest BCUT2D eigenvalue weighted by atomic mass is 16.6. The van der Waals surface area contributed by atoms with Crippen molar-refractivity contribution in [2.24, 2.45) is 0 Å². The maximum absolute atomic E-state index is 10.9. The number of aliphatic hydroxyl groups excluding tert-OH is 2. The van der Waals surface area contributed by atoms with Gasteiger partial charge in [-0.3, -0.25) is 9.59 Å². The van der Waals surface area contributed by atoms with Crippen LogP contribution >= 0.6 is 0 Å². The first-order valence-electron chi connectivity index (χ1n) is 5.09. The predicted octanol–water partition coefficient (Wildman–Crippen LogP) is -0.385. The van der Waals surface area contributed by atoms with Crippen LogP contribution < -0.4 is 0 Å². The number of carbonyl (C=O) groups is 2. The zero-order valence-corrected chi connectivity index (χ0v) is 9.51. The first-order chi connectivity index (χ1) is 7.41. The van der Waals surface area contributed by atoms with Gasteiger partial charge in [0, 0.05) is 0 Å². The first-order valence-corrected chi connectivity index (χ1v) is 5.09. The van der Waals surface area contributed by atoms with Crippen molar-refractivity contribution in [2.45, 2.75) is 38.9 Å². The third kappa shape index (κ3) is 9.42. The van der Waals surface area contributed by atoms with Gasteiger partial charge in [-0.2, -0.15) is 0 Å². The molecule has 0 rings (SSSR count). The van der Waals surface area contributed by atoms with Crippen LogP contribution in [0.2, 0.25) is 0 Å². The Morgan fingerprint density at radius 2 is 1.25 bits per heavy atom. The molecule has 0 amide bonds. The fraction of sp³-hybridized carbons (Fsp3) is 0.800. The maximum atomic E-state index is 10.9. The number of hydrogen-bond donors (Lipinski definition) is 2. The molecule has 16 heavy (non-hydrogen) atoms. The summed E-state index contributed by atoms with van der Waals surface area (Å²) < 4.78 is 9.34. The minimum atomic E-state index is -0.745. The van der Waals surface area contributed by atoms with E-state index in [9.17, 15) is 9.59 Å². The highest BCUT2D eigenvalue weighted by molar-refractivity contribution is 5.70. The Kier molecular flexibility index (Phi) is 7.49. The summed E-state index contributed by atoms with van der Waals surface area (Å²) in [6.45, 7) is 2.86. The fourth-order valence-corrected chi connectivity index (χ4v) is 0.911. The van der Waals surface area contributed by atoms with Crippen LogP contribution in [0.3, 0.4) is 0 Å². The molecule has 0 aliphatic carbocycles. The molecule has 0 radical (unpaired) electrons. The second kappa shape index (κ2) is 8.06. The lowest BCUT2D eigenvalue weighted by Gasteiger charge is -2.08. The molecule has 2 N–H and O–H groups in total. The molecule has 0 heterocycles. The average molecular weight is 234 g/mol. The Balaban J connectivity index is 3.46. The van der Waals surface area contributed by atoms with Gasteiger partial charge in [0.1, 0.15) is 13.2 Å². The number of hydrogen-bond acceptors (Lipinski definition) is 6. The third-order valence-corrected chi connectivity index (χ3v) is 1.53. The topological polar surface area (TPSA) is 93.1 Å². The van der Waals surface area contributed by atoms with E-state index in [0.717, 1.165) is 0 Å². The molecule has 0 aliphatic heterocycles. The SMILES string of the molecule is C[C@@H](O)CC(=O)OCCOC(=O)C[C@@H](C)O. The standard InChI is InChI=1S/C10H18O6/c1-7(11)5-9(13)15-3-4-16-10(14)6-8(2)12/h7-8,11-12H,3-6H2,1-2H3/t7-,8-/m1/s1. The zero-order valence-electron chi connectivity index (χ0n) is 9.51. The van der Waals surface area contributed by atoms with Crippen LogP contribution in [-0.2, 0) is 19.1 Å². The van der Waals surface area contributed by atoms with Gasteiger partial charge in [-0.25, -0.2) is 0 Å². The van der Waals surface area contributed by atoms with Gasteiger partial charge >= 0.3 is 11.9 Å². The smallest absolute Gasteiger partial charge is 0.308 e. The summed E-state index contributed by atoms with van der Waals surface area (Å²) in [6, 6.07) is 0. The van der Waals surface area contributed by atoms with E-state index < -0.39 is 24.1 Å². The van der Waals surface area contributed by atoms with Crippen LogP contribution in [0.5, 0.6) is 0 Å². The molecule has 0 aromatic carbocycles. The summed E-state index contributed by atoms with van der Waals surface area (Å²) in [5, 5.41) is 17.7. The van der Waals surface area contributed by atoms with E-state index >= 15 is 0 Å². The number of aliphatic hydroxyl groups is 2. The summed E-state index contributed by atoms with van der Waals surface area (Å²) in [7, 11) is 0. The van der Waals surface area contributed by atoms with Crippen LogP contribution in [0.15, 0.2) is 0 Å². The molecular formula is C10H18O6. The van der Waals surface area contributed by atoms with Crippen LogP contribution in [-0.4, -0.2) is 47.6 Å². The molecule has 0 saturated heterocycles. The van der Waals surface area contributed by atoms with Gasteiger partial charge in [0.25, 0.3) is 0 Å². The predicted molar refractivity (Wildman–Crippen MR) is 54.5 cm³/mol. The van der Waals surface area contributed by atoms with Crippen molar-refractivity contribution in [1.29, 1.82) is 0 Å². The van der Waals surface area contributed by atoms with Gasteiger partial charge in [0.2, 0.25) is 0 Å². The molecule has 2 atom stereocenters.